The van der Waals surface area contributed by atoms with Crippen molar-refractivity contribution in [3.05, 3.63) is 84.1 Å². The molecular weight excluding hydrogens is 356 g/mol. The number of thioether (sulfide) groups is 1. The van der Waals surface area contributed by atoms with Crippen molar-refractivity contribution in [2.24, 2.45) is 0 Å². The fourth-order valence-electron chi connectivity index (χ4n) is 2.97. The Kier molecular flexibility index (Phi) is 4.94. The van der Waals surface area contributed by atoms with Crippen LogP contribution < -0.4 is 5.32 Å². The zero-order chi connectivity index (χ0) is 18.6. The van der Waals surface area contributed by atoms with Crippen LogP contribution in [-0.2, 0) is 6.54 Å². The first kappa shape index (κ1) is 17.4. The van der Waals surface area contributed by atoms with Crippen molar-refractivity contribution >= 4 is 28.4 Å². The minimum atomic E-state index is -0.116. The minimum Gasteiger partial charge on any atom is -0.356 e. The molecule has 0 spiro atoms. The molecule has 3 aromatic carbocycles. The van der Waals surface area contributed by atoms with Crippen LogP contribution in [0, 0.1) is 0 Å². The van der Waals surface area contributed by atoms with Crippen LogP contribution >= 0.6 is 11.8 Å². The second-order valence-corrected chi connectivity index (χ2v) is 6.98. The van der Waals surface area contributed by atoms with Gasteiger partial charge in [0.25, 0.3) is 5.91 Å². The Morgan fingerprint density at radius 1 is 1.00 bits per heavy atom. The molecule has 0 saturated carbocycles. The van der Waals surface area contributed by atoms with E-state index in [1.54, 1.807) is 11.8 Å². The summed E-state index contributed by atoms with van der Waals surface area (Å²) in [5.41, 5.74) is 2.32. The van der Waals surface area contributed by atoms with Gasteiger partial charge in [0.15, 0.2) is 5.76 Å². The van der Waals surface area contributed by atoms with Crippen LogP contribution in [-0.4, -0.2) is 17.3 Å². The Morgan fingerprint density at radius 2 is 1.78 bits per heavy atom. The van der Waals surface area contributed by atoms with E-state index in [-0.39, 0.29) is 5.91 Å². The lowest BCUT2D eigenvalue weighted by molar-refractivity contribution is 0.0947. The number of amides is 1. The van der Waals surface area contributed by atoms with Gasteiger partial charge in [0, 0.05) is 16.5 Å². The molecule has 0 aliphatic heterocycles. The molecular formula is C22H18N2O2S. The normalized spacial score (nSPS) is 10.9. The van der Waals surface area contributed by atoms with Crippen LogP contribution in [0.15, 0.2) is 82.2 Å². The van der Waals surface area contributed by atoms with Gasteiger partial charge >= 0.3 is 0 Å². The van der Waals surface area contributed by atoms with Crippen molar-refractivity contribution in [3.63, 3.8) is 0 Å². The highest BCUT2D eigenvalue weighted by atomic mass is 32.2. The molecule has 0 unspecified atom stereocenters. The van der Waals surface area contributed by atoms with E-state index in [4.69, 9.17) is 4.52 Å². The highest BCUT2D eigenvalue weighted by Crippen LogP contribution is 2.25. The number of carbonyl (C=O) groups excluding carboxylic acids is 1. The quantitative estimate of drug-likeness (QED) is 0.491. The second-order valence-electron chi connectivity index (χ2n) is 6.13. The van der Waals surface area contributed by atoms with Crippen molar-refractivity contribution < 1.29 is 9.32 Å². The van der Waals surface area contributed by atoms with Crippen LogP contribution in [0.2, 0.25) is 0 Å². The first-order valence-corrected chi connectivity index (χ1v) is 9.83. The van der Waals surface area contributed by atoms with E-state index in [1.807, 2.05) is 54.8 Å². The third-order valence-electron chi connectivity index (χ3n) is 4.37. The van der Waals surface area contributed by atoms with Gasteiger partial charge in [-0.3, -0.25) is 4.79 Å². The Labute approximate surface area is 161 Å². The molecule has 27 heavy (non-hydrogen) atoms. The SMILES string of the molecule is CSc1ccccc1C(=O)NCc1cc(-c2ccc3ccccc3c2)on1. The summed E-state index contributed by atoms with van der Waals surface area (Å²) in [6.07, 6.45) is 1.96. The molecule has 0 aliphatic rings. The summed E-state index contributed by atoms with van der Waals surface area (Å²) < 4.78 is 5.48. The van der Waals surface area contributed by atoms with Gasteiger partial charge in [-0.05, 0) is 35.2 Å². The molecule has 1 heterocycles. The fourth-order valence-corrected chi connectivity index (χ4v) is 3.57. The van der Waals surface area contributed by atoms with Gasteiger partial charge < -0.3 is 9.84 Å². The Bertz CT molecular complexity index is 1100. The standard InChI is InChI=1S/C22H18N2O2S/c1-27-21-9-5-4-8-19(21)22(25)23-14-18-13-20(26-24-18)17-11-10-15-6-2-3-7-16(15)12-17/h2-13H,14H2,1H3,(H,23,25). The van der Waals surface area contributed by atoms with Crippen LogP contribution in [0.1, 0.15) is 16.1 Å². The molecule has 1 amide bonds. The fraction of sp³-hybridized carbons (Fsp3) is 0.0909. The molecule has 0 atom stereocenters. The number of nitrogens with zero attached hydrogens (tertiary/aromatic N) is 1. The van der Waals surface area contributed by atoms with Crippen molar-refractivity contribution in [1.82, 2.24) is 10.5 Å². The summed E-state index contributed by atoms with van der Waals surface area (Å²) in [6, 6.07) is 23.8. The van der Waals surface area contributed by atoms with Gasteiger partial charge in [-0.15, -0.1) is 11.8 Å². The number of rotatable bonds is 5. The summed E-state index contributed by atoms with van der Waals surface area (Å²) in [5.74, 6) is 0.574. The molecule has 4 aromatic rings. The van der Waals surface area contributed by atoms with Crippen LogP contribution in [0.25, 0.3) is 22.1 Å². The van der Waals surface area contributed by atoms with E-state index in [9.17, 15) is 4.79 Å². The van der Waals surface area contributed by atoms with Crippen molar-refractivity contribution in [3.8, 4) is 11.3 Å². The number of hydrogen-bond donors (Lipinski definition) is 1. The first-order chi connectivity index (χ1) is 13.2. The van der Waals surface area contributed by atoms with Crippen molar-refractivity contribution in [1.29, 1.82) is 0 Å². The summed E-state index contributed by atoms with van der Waals surface area (Å²) in [5, 5.41) is 9.32. The molecule has 0 radical (unpaired) electrons. The van der Waals surface area contributed by atoms with Crippen LogP contribution in [0.3, 0.4) is 0 Å². The lowest BCUT2D eigenvalue weighted by Crippen LogP contribution is -2.23. The van der Waals surface area contributed by atoms with E-state index >= 15 is 0 Å². The first-order valence-electron chi connectivity index (χ1n) is 8.60. The van der Waals surface area contributed by atoms with Gasteiger partial charge in [-0.25, -0.2) is 0 Å². The van der Waals surface area contributed by atoms with E-state index in [1.165, 1.54) is 5.39 Å². The molecule has 134 valence electrons. The van der Waals surface area contributed by atoms with Gasteiger partial charge in [-0.2, -0.15) is 0 Å². The second kappa shape index (κ2) is 7.68. The van der Waals surface area contributed by atoms with Gasteiger partial charge in [-0.1, -0.05) is 53.7 Å². The lowest BCUT2D eigenvalue weighted by Gasteiger charge is -2.06. The van der Waals surface area contributed by atoms with Crippen LogP contribution in [0.5, 0.6) is 0 Å². The predicted molar refractivity (Wildman–Crippen MR) is 109 cm³/mol. The maximum Gasteiger partial charge on any atom is 0.252 e. The topological polar surface area (TPSA) is 55.1 Å². The molecule has 4 nitrogen and oxygen atoms in total. The number of carbonyl (C=O) groups is 1. The Morgan fingerprint density at radius 3 is 2.63 bits per heavy atom. The zero-order valence-corrected chi connectivity index (χ0v) is 15.6. The van der Waals surface area contributed by atoms with E-state index < -0.39 is 0 Å². The molecule has 1 N–H and O–H groups in total. The molecule has 1 aromatic heterocycles. The van der Waals surface area contributed by atoms with Gasteiger partial charge in [0.1, 0.15) is 5.69 Å². The van der Waals surface area contributed by atoms with Crippen LogP contribution in [0.4, 0.5) is 0 Å². The zero-order valence-electron chi connectivity index (χ0n) is 14.8. The number of aromatic nitrogens is 1. The highest BCUT2D eigenvalue weighted by molar-refractivity contribution is 7.98. The number of nitrogens with one attached hydrogen (secondary N) is 1. The average Bonchev–Trinajstić information content (AvgIpc) is 3.20. The molecule has 5 heteroatoms. The summed E-state index contributed by atoms with van der Waals surface area (Å²) in [7, 11) is 0. The highest BCUT2D eigenvalue weighted by Gasteiger charge is 2.12. The van der Waals surface area contributed by atoms with Crippen molar-refractivity contribution in [2.75, 3.05) is 6.26 Å². The summed E-state index contributed by atoms with van der Waals surface area (Å²) >= 11 is 1.55. The van der Waals surface area contributed by atoms with Gasteiger partial charge in [0.05, 0.1) is 12.1 Å². The number of hydrogen-bond acceptors (Lipinski definition) is 4. The minimum absolute atomic E-state index is 0.116. The maximum absolute atomic E-state index is 12.4. The third kappa shape index (κ3) is 3.73. The summed E-state index contributed by atoms with van der Waals surface area (Å²) in [6.45, 7) is 0.318. The summed E-state index contributed by atoms with van der Waals surface area (Å²) in [4.78, 5) is 13.4. The molecule has 0 saturated heterocycles. The smallest absolute Gasteiger partial charge is 0.252 e. The largest absolute Gasteiger partial charge is 0.356 e. The van der Waals surface area contributed by atoms with Crippen molar-refractivity contribution in [2.45, 2.75) is 11.4 Å². The molecule has 4 rings (SSSR count). The molecule has 0 aliphatic carbocycles. The Hall–Kier alpha value is -3.05. The molecule has 0 bridgehead atoms. The number of fused-ring (bicyclic) bond motifs is 1. The predicted octanol–water partition coefficient (Wildman–Crippen LogP) is 5.15. The average molecular weight is 374 g/mol. The third-order valence-corrected chi connectivity index (χ3v) is 5.17. The number of benzene rings is 3. The molecule has 0 fully saturated rings. The monoisotopic (exact) mass is 374 g/mol. The maximum atomic E-state index is 12.4. The van der Waals surface area contributed by atoms with Gasteiger partial charge in [0.2, 0.25) is 0 Å². The van der Waals surface area contributed by atoms with E-state index in [0.29, 0.717) is 23.6 Å². The van der Waals surface area contributed by atoms with E-state index in [2.05, 4.69) is 34.7 Å². The van der Waals surface area contributed by atoms with E-state index in [0.717, 1.165) is 15.8 Å². The lowest BCUT2D eigenvalue weighted by atomic mass is 10.1. The Balaban J connectivity index is 1.48.